The van der Waals surface area contributed by atoms with Gasteiger partial charge in [-0.05, 0) is 42.3 Å². The number of pyridine rings is 1. The zero-order valence-corrected chi connectivity index (χ0v) is 17.4. The van der Waals surface area contributed by atoms with Crippen molar-refractivity contribution >= 4 is 27.4 Å². The van der Waals surface area contributed by atoms with Crippen molar-refractivity contribution in [2.45, 2.75) is 4.90 Å². The summed E-state index contributed by atoms with van der Waals surface area (Å²) in [6, 6.07) is 16.7. The van der Waals surface area contributed by atoms with Crippen molar-refractivity contribution in [3.8, 4) is 11.8 Å². The fraction of sp³-hybridized carbons (Fsp3) is 0.0435. The number of hydrogen-bond donors (Lipinski definition) is 2. The lowest BCUT2D eigenvalue weighted by atomic mass is 10.1. The van der Waals surface area contributed by atoms with E-state index in [0.717, 1.165) is 0 Å². The van der Waals surface area contributed by atoms with E-state index in [1.54, 1.807) is 54.6 Å². The minimum atomic E-state index is -3.00. The molecule has 1 heterocycles. The van der Waals surface area contributed by atoms with E-state index in [0.29, 0.717) is 21.6 Å². The largest absolute Gasteiger partial charge is 0.277 e. The lowest BCUT2D eigenvalue weighted by Gasteiger charge is -2.11. The van der Waals surface area contributed by atoms with E-state index in [1.807, 2.05) is 0 Å². The Hall–Kier alpha value is -3.93. The predicted molar refractivity (Wildman–Crippen MR) is 119 cm³/mol. The van der Waals surface area contributed by atoms with Gasteiger partial charge in [-0.25, -0.2) is 9.69 Å². The molecule has 3 aromatic rings. The average Bonchev–Trinajstić information content (AvgIpc) is 2.78. The average molecular weight is 433 g/mol. The summed E-state index contributed by atoms with van der Waals surface area (Å²) < 4.78 is 15.2. The maximum atomic E-state index is 12.8. The smallest absolute Gasteiger partial charge is 0.274 e. The van der Waals surface area contributed by atoms with Gasteiger partial charge in [-0.2, -0.15) is 0 Å². The zero-order valence-electron chi connectivity index (χ0n) is 16.6. The summed E-state index contributed by atoms with van der Waals surface area (Å²) >= 11 is 0. The number of hydroxylamine groups is 1. The second kappa shape index (κ2) is 9.71. The Morgan fingerprint density at radius 1 is 0.935 bits per heavy atom. The molecule has 0 aliphatic heterocycles. The monoisotopic (exact) mass is 433 g/mol. The molecule has 8 heteroatoms. The van der Waals surface area contributed by atoms with Crippen molar-refractivity contribution in [3.63, 3.8) is 0 Å². The molecule has 0 aliphatic carbocycles. The zero-order chi connectivity index (χ0) is 22.3. The fourth-order valence-corrected chi connectivity index (χ4v) is 3.71. The van der Waals surface area contributed by atoms with Gasteiger partial charge in [-0.1, -0.05) is 36.1 Å². The van der Waals surface area contributed by atoms with Gasteiger partial charge in [0.05, 0.1) is 22.4 Å². The van der Waals surface area contributed by atoms with Crippen molar-refractivity contribution in [2.24, 2.45) is 0 Å². The van der Waals surface area contributed by atoms with Gasteiger partial charge >= 0.3 is 0 Å². The number of carbonyl (C=O) groups is 2. The first-order chi connectivity index (χ1) is 14.9. The molecule has 0 saturated carbocycles. The van der Waals surface area contributed by atoms with Crippen LogP contribution < -0.4 is 10.2 Å². The SMILES string of the molecule is C=S(=O)(NC(=O)c1cncc(C#Cc2cccc(C(=O)NOC)c2)c1)c1ccccc1. The summed E-state index contributed by atoms with van der Waals surface area (Å²) in [5.41, 5.74) is 3.92. The van der Waals surface area contributed by atoms with E-state index in [9.17, 15) is 13.8 Å². The lowest BCUT2D eigenvalue weighted by molar-refractivity contribution is 0.0537. The standard InChI is InChI=1S/C23H19N3O4S/c1-30-25-22(27)19-8-6-7-17(13-19)11-12-18-14-20(16-24-15-18)23(28)26-31(2,29)21-9-4-3-5-10-21/h3-10,13-16H,2H2,1H3,(H,25,27)(H,26,28,29). The Balaban J connectivity index is 1.78. The van der Waals surface area contributed by atoms with Gasteiger partial charge in [-0.15, -0.1) is 0 Å². The summed E-state index contributed by atoms with van der Waals surface area (Å²) in [5, 5.41) is 0. The van der Waals surface area contributed by atoms with E-state index in [-0.39, 0.29) is 11.5 Å². The second-order valence-corrected chi connectivity index (χ2v) is 8.37. The van der Waals surface area contributed by atoms with Crippen LogP contribution in [0.4, 0.5) is 0 Å². The van der Waals surface area contributed by atoms with Crippen LogP contribution in [0.1, 0.15) is 31.8 Å². The minimum Gasteiger partial charge on any atom is -0.277 e. The normalized spacial score (nSPS) is 12.0. The molecule has 0 fully saturated rings. The van der Waals surface area contributed by atoms with Gasteiger partial charge < -0.3 is 0 Å². The number of hydrogen-bond acceptors (Lipinski definition) is 5. The van der Waals surface area contributed by atoms with Crippen LogP contribution in [0, 0.1) is 11.8 Å². The molecule has 1 atom stereocenters. The Morgan fingerprint density at radius 3 is 2.39 bits per heavy atom. The van der Waals surface area contributed by atoms with Crippen molar-refractivity contribution in [1.29, 1.82) is 0 Å². The highest BCUT2D eigenvalue weighted by Crippen LogP contribution is 2.10. The van der Waals surface area contributed by atoms with Crippen LogP contribution in [0.15, 0.2) is 78.0 Å². The molecule has 0 saturated heterocycles. The van der Waals surface area contributed by atoms with Crippen LogP contribution in [0.2, 0.25) is 0 Å². The van der Waals surface area contributed by atoms with Gasteiger partial charge in [0.2, 0.25) is 0 Å². The number of rotatable bonds is 5. The Kier molecular flexibility index (Phi) is 6.82. The Bertz CT molecular complexity index is 1280. The molecule has 7 nitrogen and oxygen atoms in total. The van der Waals surface area contributed by atoms with E-state index in [4.69, 9.17) is 0 Å². The van der Waals surface area contributed by atoms with Crippen LogP contribution in [0.25, 0.3) is 0 Å². The maximum Gasteiger partial charge on any atom is 0.274 e. The molecular formula is C23H19N3O4S. The van der Waals surface area contributed by atoms with Gasteiger partial charge in [-0.3, -0.25) is 24.1 Å². The molecule has 0 aliphatic rings. The first-order valence-corrected chi connectivity index (χ1v) is 10.8. The summed E-state index contributed by atoms with van der Waals surface area (Å²) in [4.78, 5) is 33.5. The third kappa shape index (κ3) is 5.79. The molecule has 2 aromatic carbocycles. The number of nitrogens with zero attached hydrogens (tertiary/aromatic N) is 1. The number of nitrogens with one attached hydrogen (secondary N) is 2. The molecule has 0 bridgehead atoms. The summed E-state index contributed by atoms with van der Waals surface area (Å²) in [6.07, 6.45) is 2.86. The molecule has 31 heavy (non-hydrogen) atoms. The first-order valence-electron chi connectivity index (χ1n) is 9.04. The minimum absolute atomic E-state index is 0.201. The number of aromatic nitrogens is 1. The van der Waals surface area contributed by atoms with Crippen LogP contribution >= 0.6 is 0 Å². The van der Waals surface area contributed by atoms with Gasteiger partial charge in [0, 0.05) is 34.0 Å². The van der Waals surface area contributed by atoms with Gasteiger partial charge in [0.25, 0.3) is 11.8 Å². The van der Waals surface area contributed by atoms with Crippen LogP contribution in [0.3, 0.4) is 0 Å². The molecule has 0 radical (unpaired) electrons. The highest BCUT2D eigenvalue weighted by atomic mass is 32.2. The van der Waals surface area contributed by atoms with E-state index >= 15 is 0 Å². The Labute approximate surface area is 180 Å². The highest BCUT2D eigenvalue weighted by molar-refractivity contribution is 7.99. The fourth-order valence-electron chi connectivity index (χ4n) is 2.57. The Morgan fingerprint density at radius 2 is 1.65 bits per heavy atom. The van der Waals surface area contributed by atoms with Gasteiger partial charge in [0.15, 0.2) is 0 Å². The van der Waals surface area contributed by atoms with E-state index < -0.39 is 15.6 Å². The quantitative estimate of drug-likeness (QED) is 0.365. The molecular weight excluding hydrogens is 414 g/mol. The maximum absolute atomic E-state index is 12.8. The van der Waals surface area contributed by atoms with Crippen molar-refractivity contribution in [2.75, 3.05) is 7.11 Å². The first kappa shape index (κ1) is 21.8. The molecule has 1 unspecified atom stereocenters. The van der Waals surface area contributed by atoms with E-state index in [1.165, 1.54) is 25.6 Å². The molecule has 3 rings (SSSR count). The summed E-state index contributed by atoms with van der Waals surface area (Å²) in [6.45, 7) is 0. The van der Waals surface area contributed by atoms with E-state index in [2.05, 4.69) is 37.7 Å². The number of amides is 2. The predicted octanol–water partition coefficient (Wildman–Crippen LogP) is 2.19. The molecule has 0 spiro atoms. The molecule has 156 valence electrons. The second-order valence-electron chi connectivity index (χ2n) is 6.35. The van der Waals surface area contributed by atoms with Crippen LogP contribution in [-0.2, 0) is 14.5 Å². The number of benzene rings is 2. The number of carbonyl (C=O) groups excluding carboxylic acids is 2. The highest BCUT2D eigenvalue weighted by Gasteiger charge is 2.14. The van der Waals surface area contributed by atoms with Crippen LogP contribution in [0.5, 0.6) is 0 Å². The van der Waals surface area contributed by atoms with Crippen LogP contribution in [-0.4, -0.2) is 34.0 Å². The third-order valence-corrected chi connectivity index (χ3v) is 5.60. The lowest BCUT2D eigenvalue weighted by Crippen LogP contribution is -2.30. The molecule has 2 amide bonds. The summed E-state index contributed by atoms with van der Waals surface area (Å²) in [5.74, 6) is 8.52. The molecule has 2 N–H and O–H groups in total. The topological polar surface area (TPSA) is 97.4 Å². The van der Waals surface area contributed by atoms with Crippen molar-refractivity contribution < 1.29 is 18.6 Å². The van der Waals surface area contributed by atoms with Crippen molar-refractivity contribution in [3.05, 3.63) is 95.3 Å². The summed E-state index contributed by atoms with van der Waals surface area (Å²) in [7, 11) is -1.65. The van der Waals surface area contributed by atoms with Gasteiger partial charge in [0.1, 0.15) is 0 Å². The molecule has 1 aromatic heterocycles. The van der Waals surface area contributed by atoms with Crippen molar-refractivity contribution in [1.82, 2.24) is 15.2 Å². The third-order valence-electron chi connectivity index (χ3n) is 4.05.